The normalized spacial score (nSPS) is 10.1. The number of nitrogens with zero attached hydrogens (tertiary/aromatic N) is 1. The number of alkyl halides is 1. The standard InChI is InChI=1S/C13H10BrNO/c14-6-10-2-1-3-12(4-10)13-5-11(9-16)7-15-8-13/h1-5,7-9H,6H2. The van der Waals surface area contributed by atoms with Crippen molar-refractivity contribution in [2.75, 3.05) is 0 Å². The van der Waals surface area contributed by atoms with E-state index >= 15 is 0 Å². The van der Waals surface area contributed by atoms with Gasteiger partial charge in [-0.25, -0.2) is 0 Å². The summed E-state index contributed by atoms with van der Waals surface area (Å²) in [5, 5.41) is 0.821. The minimum absolute atomic E-state index is 0.599. The van der Waals surface area contributed by atoms with Crippen LogP contribution in [-0.4, -0.2) is 11.3 Å². The van der Waals surface area contributed by atoms with E-state index < -0.39 is 0 Å². The summed E-state index contributed by atoms with van der Waals surface area (Å²) >= 11 is 3.42. The molecule has 0 saturated heterocycles. The second kappa shape index (κ2) is 5.03. The van der Waals surface area contributed by atoms with Crippen LogP contribution in [0.1, 0.15) is 15.9 Å². The maximum Gasteiger partial charge on any atom is 0.151 e. The molecule has 0 spiro atoms. The van der Waals surface area contributed by atoms with E-state index in [-0.39, 0.29) is 0 Å². The van der Waals surface area contributed by atoms with Crippen LogP contribution < -0.4 is 0 Å². The number of aromatic nitrogens is 1. The van der Waals surface area contributed by atoms with Gasteiger partial charge >= 0.3 is 0 Å². The monoisotopic (exact) mass is 275 g/mol. The van der Waals surface area contributed by atoms with Gasteiger partial charge in [-0.2, -0.15) is 0 Å². The van der Waals surface area contributed by atoms with Crippen LogP contribution >= 0.6 is 15.9 Å². The van der Waals surface area contributed by atoms with Gasteiger partial charge in [0.25, 0.3) is 0 Å². The van der Waals surface area contributed by atoms with E-state index in [2.05, 4.69) is 33.0 Å². The number of halogens is 1. The second-order valence-electron chi connectivity index (χ2n) is 3.46. The summed E-state index contributed by atoms with van der Waals surface area (Å²) in [6.07, 6.45) is 4.13. The number of hydrogen-bond acceptors (Lipinski definition) is 2. The predicted molar refractivity (Wildman–Crippen MR) is 67.7 cm³/mol. The van der Waals surface area contributed by atoms with Crippen LogP contribution in [0.5, 0.6) is 0 Å². The van der Waals surface area contributed by atoms with E-state index in [0.29, 0.717) is 5.56 Å². The smallest absolute Gasteiger partial charge is 0.151 e. The topological polar surface area (TPSA) is 30.0 Å². The summed E-state index contributed by atoms with van der Waals surface area (Å²) in [6, 6.07) is 9.99. The van der Waals surface area contributed by atoms with Crippen molar-refractivity contribution in [3.8, 4) is 11.1 Å². The van der Waals surface area contributed by atoms with Gasteiger partial charge in [0.1, 0.15) is 0 Å². The van der Waals surface area contributed by atoms with Crippen molar-refractivity contribution >= 4 is 22.2 Å². The van der Waals surface area contributed by atoms with E-state index in [4.69, 9.17) is 0 Å². The van der Waals surface area contributed by atoms with E-state index in [0.717, 1.165) is 22.7 Å². The Morgan fingerprint density at radius 2 is 2.06 bits per heavy atom. The summed E-state index contributed by atoms with van der Waals surface area (Å²) in [4.78, 5) is 14.7. The summed E-state index contributed by atoms with van der Waals surface area (Å²) in [5.41, 5.74) is 3.84. The third-order valence-corrected chi connectivity index (χ3v) is 2.96. The largest absolute Gasteiger partial charge is 0.298 e. The lowest BCUT2D eigenvalue weighted by Crippen LogP contribution is -1.86. The number of carbonyl (C=O) groups is 1. The lowest BCUT2D eigenvalue weighted by molar-refractivity contribution is 0.112. The Balaban J connectivity index is 2.45. The van der Waals surface area contributed by atoms with Crippen LogP contribution in [-0.2, 0) is 5.33 Å². The average Bonchev–Trinajstić information content (AvgIpc) is 2.39. The van der Waals surface area contributed by atoms with Gasteiger partial charge in [-0.1, -0.05) is 40.2 Å². The van der Waals surface area contributed by atoms with Crippen LogP contribution in [0.25, 0.3) is 11.1 Å². The molecule has 3 heteroatoms. The van der Waals surface area contributed by atoms with Gasteiger partial charge < -0.3 is 0 Å². The van der Waals surface area contributed by atoms with Gasteiger partial charge in [-0.15, -0.1) is 0 Å². The maximum absolute atomic E-state index is 10.7. The number of pyridine rings is 1. The highest BCUT2D eigenvalue weighted by molar-refractivity contribution is 9.08. The molecule has 0 N–H and O–H groups in total. The van der Waals surface area contributed by atoms with Crippen molar-refractivity contribution in [1.82, 2.24) is 4.98 Å². The van der Waals surface area contributed by atoms with Crippen LogP contribution in [0.4, 0.5) is 0 Å². The molecule has 0 bridgehead atoms. The molecular formula is C13H10BrNO. The Hall–Kier alpha value is -1.48. The number of aldehydes is 1. The Labute approximate surface area is 102 Å². The zero-order valence-corrected chi connectivity index (χ0v) is 10.1. The maximum atomic E-state index is 10.7. The van der Waals surface area contributed by atoms with Gasteiger partial charge in [0.2, 0.25) is 0 Å². The van der Waals surface area contributed by atoms with Crippen molar-refractivity contribution in [3.63, 3.8) is 0 Å². The highest BCUT2D eigenvalue weighted by Crippen LogP contribution is 2.21. The molecule has 0 unspecified atom stereocenters. The van der Waals surface area contributed by atoms with Gasteiger partial charge in [0.15, 0.2) is 6.29 Å². The number of rotatable bonds is 3. The van der Waals surface area contributed by atoms with E-state index in [9.17, 15) is 4.79 Å². The molecule has 80 valence electrons. The molecule has 1 heterocycles. The predicted octanol–water partition coefficient (Wildman–Crippen LogP) is 3.46. The Kier molecular flexibility index (Phi) is 3.47. The fourth-order valence-electron chi connectivity index (χ4n) is 1.51. The van der Waals surface area contributed by atoms with Crippen molar-refractivity contribution < 1.29 is 4.79 Å². The third-order valence-electron chi connectivity index (χ3n) is 2.31. The lowest BCUT2D eigenvalue weighted by atomic mass is 10.0. The summed E-state index contributed by atoms with van der Waals surface area (Å²) < 4.78 is 0. The SMILES string of the molecule is O=Cc1cncc(-c2cccc(CBr)c2)c1. The number of hydrogen-bond donors (Lipinski definition) is 0. The number of benzene rings is 1. The first kappa shape index (κ1) is 11.0. The molecule has 0 aliphatic heterocycles. The fourth-order valence-corrected chi connectivity index (χ4v) is 1.86. The molecule has 2 rings (SSSR count). The molecule has 0 radical (unpaired) electrons. The Morgan fingerprint density at radius 1 is 1.19 bits per heavy atom. The highest BCUT2D eigenvalue weighted by Gasteiger charge is 2.00. The van der Waals surface area contributed by atoms with Gasteiger partial charge in [0.05, 0.1) is 0 Å². The fraction of sp³-hybridized carbons (Fsp3) is 0.0769. The second-order valence-corrected chi connectivity index (χ2v) is 4.02. The van der Waals surface area contributed by atoms with Crippen LogP contribution in [0.2, 0.25) is 0 Å². The average molecular weight is 276 g/mol. The summed E-state index contributed by atoms with van der Waals surface area (Å²) in [5.74, 6) is 0. The van der Waals surface area contributed by atoms with E-state index in [1.807, 2.05) is 18.2 Å². The van der Waals surface area contributed by atoms with Crippen molar-refractivity contribution in [1.29, 1.82) is 0 Å². The lowest BCUT2D eigenvalue weighted by Gasteiger charge is -2.03. The first-order valence-electron chi connectivity index (χ1n) is 4.89. The van der Waals surface area contributed by atoms with Crippen LogP contribution in [0.15, 0.2) is 42.7 Å². The molecule has 1 aromatic heterocycles. The first-order chi connectivity index (χ1) is 7.83. The summed E-state index contributed by atoms with van der Waals surface area (Å²) in [6.45, 7) is 0. The first-order valence-corrected chi connectivity index (χ1v) is 6.01. The third kappa shape index (κ3) is 2.36. The molecule has 0 aliphatic rings. The molecule has 0 fully saturated rings. The van der Waals surface area contributed by atoms with Crippen molar-refractivity contribution in [3.05, 3.63) is 53.9 Å². The quantitative estimate of drug-likeness (QED) is 0.634. The Bertz CT molecular complexity index is 511. The summed E-state index contributed by atoms with van der Waals surface area (Å²) in [7, 11) is 0. The van der Waals surface area contributed by atoms with Gasteiger partial charge in [0, 0.05) is 28.9 Å². The van der Waals surface area contributed by atoms with Gasteiger partial charge in [-0.05, 0) is 17.2 Å². The molecule has 2 aromatic rings. The molecule has 0 amide bonds. The van der Waals surface area contributed by atoms with Gasteiger partial charge in [-0.3, -0.25) is 9.78 Å². The molecule has 0 aliphatic carbocycles. The highest BCUT2D eigenvalue weighted by atomic mass is 79.9. The van der Waals surface area contributed by atoms with Crippen LogP contribution in [0.3, 0.4) is 0 Å². The Morgan fingerprint density at radius 3 is 2.81 bits per heavy atom. The van der Waals surface area contributed by atoms with Crippen molar-refractivity contribution in [2.24, 2.45) is 0 Å². The molecule has 2 nitrogen and oxygen atoms in total. The minimum Gasteiger partial charge on any atom is -0.298 e. The zero-order chi connectivity index (χ0) is 11.4. The van der Waals surface area contributed by atoms with Crippen LogP contribution in [0, 0.1) is 0 Å². The zero-order valence-electron chi connectivity index (χ0n) is 8.56. The number of carbonyl (C=O) groups excluding carboxylic acids is 1. The van der Waals surface area contributed by atoms with E-state index in [1.54, 1.807) is 12.4 Å². The van der Waals surface area contributed by atoms with E-state index in [1.165, 1.54) is 5.56 Å². The molecule has 0 saturated carbocycles. The molecule has 0 atom stereocenters. The minimum atomic E-state index is 0.599. The molecular weight excluding hydrogens is 266 g/mol. The molecule has 16 heavy (non-hydrogen) atoms. The molecule has 1 aromatic carbocycles. The van der Waals surface area contributed by atoms with Crippen molar-refractivity contribution in [2.45, 2.75) is 5.33 Å².